The van der Waals surface area contributed by atoms with Gasteiger partial charge in [0, 0.05) is 25.2 Å². The van der Waals surface area contributed by atoms with Gasteiger partial charge in [-0.1, -0.05) is 19.1 Å². The summed E-state index contributed by atoms with van der Waals surface area (Å²) < 4.78 is 35.6. The van der Waals surface area contributed by atoms with E-state index in [0.29, 0.717) is 12.2 Å². The van der Waals surface area contributed by atoms with Gasteiger partial charge in [-0.15, -0.1) is 0 Å². The van der Waals surface area contributed by atoms with Crippen molar-refractivity contribution in [3.8, 4) is 5.75 Å². The maximum atomic E-state index is 12.8. The molecule has 0 bridgehead atoms. The smallest absolute Gasteiger partial charge is 0.339 e. The number of carbonyl (C=O) groups excluding carboxylic acids is 2. The predicted molar refractivity (Wildman–Crippen MR) is 123 cm³/mol. The van der Waals surface area contributed by atoms with Crippen LogP contribution in [0.2, 0.25) is 0 Å². The van der Waals surface area contributed by atoms with Crippen molar-refractivity contribution in [2.45, 2.75) is 44.7 Å². The van der Waals surface area contributed by atoms with E-state index in [-0.39, 0.29) is 34.3 Å². The fraction of sp³-hybridized carbons (Fsp3) is 0.250. The van der Waals surface area contributed by atoms with E-state index in [1.807, 2.05) is 13.8 Å². The number of rotatable bonds is 9. The van der Waals surface area contributed by atoms with Gasteiger partial charge in [-0.05, 0) is 67.4 Å². The number of carbonyl (C=O) groups is 2. The van der Waals surface area contributed by atoms with Crippen molar-refractivity contribution in [3.63, 3.8) is 0 Å². The Kier molecular flexibility index (Phi) is 7.55. The van der Waals surface area contributed by atoms with Gasteiger partial charge in [0.05, 0.1) is 6.26 Å². The minimum absolute atomic E-state index is 0.0145. The van der Waals surface area contributed by atoms with Gasteiger partial charge in [0.15, 0.2) is 5.76 Å². The summed E-state index contributed by atoms with van der Waals surface area (Å²) in [5.74, 6) is -0.0392. The van der Waals surface area contributed by atoms with Crippen LogP contribution in [0.4, 0.5) is 5.69 Å². The molecule has 9 heteroatoms. The van der Waals surface area contributed by atoms with Crippen LogP contribution in [-0.2, 0) is 21.5 Å². The Morgan fingerprint density at radius 3 is 2.27 bits per heavy atom. The van der Waals surface area contributed by atoms with Gasteiger partial charge in [0.2, 0.25) is 5.91 Å². The summed E-state index contributed by atoms with van der Waals surface area (Å²) >= 11 is 0. The van der Waals surface area contributed by atoms with E-state index in [2.05, 4.69) is 5.32 Å². The lowest BCUT2D eigenvalue weighted by Crippen LogP contribution is -2.37. The van der Waals surface area contributed by atoms with Crippen LogP contribution in [0.3, 0.4) is 0 Å². The fourth-order valence-electron chi connectivity index (χ4n) is 3.12. The second-order valence-corrected chi connectivity index (χ2v) is 9.10. The Labute approximate surface area is 193 Å². The molecular weight excluding hydrogens is 444 g/mol. The largest absolute Gasteiger partial charge is 0.459 e. The molecule has 8 nitrogen and oxygen atoms in total. The van der Waals surface area contributed by atoms with Crippen molar-refractivity contribution >= 4 is 27.6 Å². The molecule has 0 aliphatic rings. The predicted octanol–water partition coefficient (Wildman–Crippen LogP) is 4.45. The molecule has 1 atom stereocenters. The average Bonchev–Trinajstić information content (AvgIpc) is 3.32. The highest BCUT2D eigenvalue weighted by atomic mass is 32.2. The average molecular weight is 471 g/mol. The summed E-state index contributed by atoms with van der Waals surface area (Å²) in [6.45, 7) is 5.67. The van der Waals surface area contributed by atoms with Crippen LogP contribution in [0.25, 0.3) is 0 Å². The highest BCUT2D eigenvalue weighted by Crippen LogP contribution is 2.22. The Balaban J connectivity index is 1.71. The lowest BCUT2D eigenvalue weighted by molar-refractivity contribution is -0.114. The summed E-state index contributed by atoms with van der Waals surface area (Å²) in [6, 6.07) is 15.5. The van der Waals surface area contributed by atoms with Gasteiger partial charge < -0.3 is 18.8 Å². The first-order valence-electron chi connectivity index (χ1n) is 10.4. The molecule has 33 heavy (non-hydrogen) atoms. The first-order chi connectivity index (χ1) is 15.7. The molecule has 1 heterocycles. The first-order valence-corrected chi connectivity index (χ1v) is 11.9. The van der Waals surface area contributed by atoms with E-state index in [4.69, 9.17) is 8.60 Å². The summed E-state index contributed by atoms with van der Waals surface area (Å²) in [5, 5.41) is 2.58. The quantitative estimate of drug-likeness (QED) is 0.463. The Bertz CT molecular complexity index is 1190. The van der Waals surface area contributed by atoms with E-state index in [1.54, 1.807) is 41.3 Å². The van der Waals surface area contributed by atoms with Gasteiger partial charge >= 0.3 is 10.1 Å². The molecule has 2 aromatic carbocycles. The van der Waals surface area contributed by atoms with E-state index < -0.39 is 10.1 Å². The zero-order valence-electron chi connectivity index (χ0n) is 18.6. The number of nitrogens with one attached hydrogen (secondary N) is 1. The molecule has 0 fully saturated rings. The number of amides is 2. The SMILES string of the molecule is CCC(C)N(Cc1ccc(OS(=O)(=O)c2ccc(NC(C)=O)cc2)cc1)C(=O)c1ccco1. The Hall–Kier alpha value is -3.59. The Morgan fingerprint density at radius 1 is 1.06 bits per heavy atom. The molecule has 1 aromatic heterocycles. The molecule has 0 saturated carbocycles. The molecule has 1 N–H and O–H groups in total. The van der Waals surface area contributed by atoms with Crippen LogP contribution < -0.4 is 9.50 Å². The third kappa shape index (κ3) is 6.23. The molecular formula is C24H26N2O6S. The van der Waals surface area contributed by atoms with Crippen LogP contribution in [-0.4, -0.2) is 31.2 Å². The van der Waals surface area contributed by atoms with Crippen molar-refractivity contribution < 1.29 is 26.6 Å². The van der Waals surface area contributed by atoms with Crippen molar-refractivity contribution in [2.75, 3.05) is 5.32 Å². The molecule has 3 rings (SSSR count). The highest BCUT2D eigenvalue weighted by Gasteiger charge is 2.23. The van der Waals surface area contributed by atoms with Crippen LogP contribution >= 0.6 is 0 Å². The lowest BCUT2D eigenvalue weighted by Gasteiger charge is -2.28. The van der Waals surface area contributed by atoms with Crippen LogP contribution in [0, 0.1) is 0 Å². The number of hydrogen-bond donors (Lipinski definition) is 1. The molecule has 174 valence electrons. The minimum Gasteiger partial charge on any atom is -0.459 e. The standard InChI is InChI=1S/C24H26N2O6S/c1-4-17(2)26(24(28)23-6-5-15-31-23)16-19-7-11-21(12-8-19)32-33(29,30)22-13-9-20(10-14-22)25-18(3)27/h5-15,17H,4,16H2,1-3H3,(H,25,27). The van der Waals surface area contributed by atoms with Crippen molar-refractivity contribution in [2.24, 2.45) is 0 Å². The molecule has 0 aliphatic heterocycles. The minimum atomic E-state index is -4.04. The van der Waals surface area contributed by atoms with E-state index >= 15 is 0 Å². The zero-order chi connectivity index (χ0) is 24.0. The maximum Gasteiger partial charge on any atom is 0.339 e. The zero-order valence-corrected chi connectivity index (χ0v) is 19.5. The molecule has 0 spiro atoms. The number of furan rings is 1. The van der Waals surface area contributed by atoms with Gasteiger partial charge in [0.1, 0.15) is 10.6 Å². The third-order valence-corrected chi connectivity index (χ3v) is 6.32. The molecule has 2 amide bonds. The summed E-state index contributed by atoms with van der Waals surface area (Å²) in [5.41, 5.74) is 1.31. The normalized spacial score (nSPS) is 12.1. The van der Waals surface area contributed by atoms with Gasteiger partial charge in [0.25, 0.3) is 5.91 Å². The van der Waals surface area contributed by atoms with Crippen molar-refractivity contribution in [3.05, 3.63) is 78.3 Å². The molecule has 1 unspecified atom stereocenters. The van der Waals surface area contributed by atoms with Crippen molar-refractivity contribution in [1.82, 2.24) is 4.90 Å². The van der Waals surface area contributed by atoms with Crippen LogP contribution in [0.5, 0.6) is 5.75 Å². The number of anilines is 1. The summed E-state index contributed by atoms with van der Waals surface area (Å²) in [4.78, 5) is 25.6. The Morgan fingerprint density at radius 2 is 1.73 bits per heavy atom. The summed E-state index contributed by atoms with van der Waals surface area (Å²) in [6.07, 6.45) is 2.23. The van der Waals surface area contributed by atoms with Gasteiger partial charge in [-0.2, -0.15) is 8.42 Å². The number of nitrogens with zero attached hydrogens (tertiary/aromatic N) is 1. The van der Waals surface area contributed by atoms with E-state index in [0.717, 1.165) is 12.0 Å². The van der Waals surface area contributed by atoms with E-state index in [1.165, 1.54) is 37.5 Å². The first kappa shape index (κ1) is 24.1. The highest BCUT2D eigenvalue weighted by molar-refractivity contribution is 7.87. The van der Waals surface area contributed by atoms with Gasteiger partial charge in [-0.3, -0.25) is 9.59 Å². The third-order valence-electron chi connectivity index (χ3n) is 5.06. The maximum absolute atomic E-state index is 12.8. The molecule has 3 aromatic rings. The van der Waals surface area contributed by atoms with E-state index in [9.17, 15) is 18.0 Å². The van der Waals surface area contributed by atoms with Gasteiger partial charge in [-0.25, -0.2) is 0 Å². The molecule has 0 radical (unpaired) electrons. The number of benzene rings is 2. The second kappa shape index (κ2) is 10.4. The van der Waals surface area contributed by atoms with Crippen LogP contribution in [0.1, 0.15) is 43.3 Å². The molecule has 0 saturated heterocycles. The van der Waals surface area contributed by atoms with Crippen LogP contribution in [0.15, 0.2) is 76.2 Å². The number of hydrogen-bond acceptors (Lipinski definition) is 6. The summed E-state index contributed by atoms with van der Waals surface area (Å²) in [7, 11) is -4.04. The fourth-order valence-corrected chi connectivity index (χ4v) is 4.05. The molecule has 0 aliphatic carbocycles. The monoisotopic (exact) mass is 470 g/mol. The second-order valence-electron chi connectivity index (χ2n) is 7.55. The topological polar surface area (TPSA) is 106 Å². The lowest BCUT2D eigenvalue weighted by atomic mass is 10.1. The van der Waals surface area contributed by atoms with Crippen molar-refractivity contribution in [1.29, 1.82) is 0 Å².